The van der Waals surface area contributed by atoms with Crippen LogP contribution in [-0.4, -0.2) is 16.1 Å². The first-order valence-corrected chi connectivity index (χ1v) is 8.31. The molecule has 0 bridgehead atoms. The lowest BCUT2D eigenvalue weighted by molar-refractivity contribution is 0.0699. The van der Waals surface area contributed by atoms with Gasteiger partial charge in [-0.1, -0.05) is 53.5 Å². The number of hydrogen-bond donors (Lipinski definition) is 1. The maximum absolute atomic E-state index is 11.8. The van der Waals surface area contributed by atoms with Gasteiger partial charge in [-0.25, -0.2) is 9.78 Å². The number of carboxylic acid groups (broad SMARTS) is 1. The molecule has 0 spiro atoms. The summed E-state index contributed by atoms with van der Waals surface area (Å²) in [5.41, 5.74) is 1.73. The van der Waals surface area contributed by atoms with Crippen LogP contribution in [-0.2, 0) is 0 Å². The molecular weight excluding hydrogens is 357 g/mol. The fourth-order valence-corrected chi connectivity index (χ4v) is 3.55. The molecule has 3 nitrogen and oxygen atoms in total. The van der Waals surface area contributed by atoms with Gasteiger partial charge < -0.3 is 5.11 Å². The minimum atomic E-state index is -1.02. The van der Waals surface area contributed by atoms with E-state index in [2.05, 4.69) is 4.98 Å². The lowest BCUT2D eigenvalue weighted by atomic mass is 10.0. The van der Waals surface area contributed by atoms with Gasteiger partial charge in [-0.2, -0.15) is 0 Å². The highest BCUT2D eigenvalue weighted by Gasteiger charge is 2.17. The van der Waals surface area contributed by atoms with Gasteiger partial charge in [0, 0.05) is 10.9 Å². The highest BCUT2D eigenvalue weighted by atomic mass is 35.5. The van der Waals surface area contributed by atoms with Crippen LogP contribution < -0.4 is 0 Å². The van der Waals surface area contributed by atoms with Gasteiger partial charge in [0.1, 0.15) is 0 Å². The highest BCUT2D eigenvalue weighted by molar-refractivity contribution is 6.39. The zero-order valence-electron chi connectivity index (χ0n) is 12.8. The molecule has 0 saturated carbocycles. The Hall–Kier alpha value is -2.62. The average Bonchev–Trinajstić information content (AvgIpc) is 2.59. The SMILES string of the molecule is O=C(O)c1cc(-c2c(Cl)cccc2Cl)nc2cc3ccccc3cc12. The maximum Gasteiger partial charge on any atom is 0.336 e. The van der Waals surface area contributed by atoms with Crippen molar-refractivity contribution < 1.29 is 9.90 Å². The Bertz CT molecular complexity index is 1130. The molecule has 1 aromatic heterocycles. The van der Waals surface area contributed by atoms with Gasteiger partial charge in [0.05, 0.1) is 26.8 Å². The van der Waals surface area contributed by atoms with Gasteiger partial charge in [0.2, 0.25) is 0 Å². The van der Waals surface area contributed by atoms with E-state index in [4.69, 9.17) is 23.2 Å². The van der Waals surface area contributed by atoms with Crippen molar-refractivity contribution >= 4 is 50.8 Å². The number of halogens is 2. The molecular formula is C20H11Cl2NO2. The van der Waals surface area contributed by atoms with Gasteiger partial charge in [0.25, 0.3) is 0 Å². The summed E-state index contributed by atoms with van der Waals surface area (Å²) in [7, 11) is 0. The van der Waals surface area contributed by atoms with Crippen LogP contribution in [0.4, 0.5) is 0 Å². The number of aromatic nitrogens is 1. The van der Waals surface area contributed by atoms with Crippen LogP contribution >= 0.6 is 23.2 Å². The van der Waals surface area contributed by atoms with Crippen molar-refractivity contribution in [3.8, 4) is 11.3 Å². The van der Waals surface area contributed by atoms with Crippen molar-refractivity contribution in [2.75, 3.05) is 0 Å². The normalized spacial score (nSPS) is 11.1. The van der Waals surface area contributed by atoms with E-state index in [9.17, 15) is 9.90 Å². The quantitative estimate of drug-likeness (QED) is 0.438. The monoisotopic (exact) mass is 367 g/mol. The summed E-state index contributed by atoms with van der Waals surface area (Å²) in [6.07, 6.45) is 0. The van der Waals surface area contributed by atoms with Crippen LogP contribution in [0, 0.1) is 0 Å². The Morgan fingerprint density at radius 3 is 2.16 bits per heavy atom. The number of carbonyl (C=O) groups is 1. The molecule has 0 fully saturated rings. The third kappa shape index (κ3) is 2.72. The molecule has 4 aromatic rings. The molecule has 25 heavy (non-hydrogen) atoms. The third-order valence-corrected chi connectivity index (χ3v) is 4.76. The van der Waals surface area contributed by atoms with Gasteiger partial charge in [-0.3, -0.25) is 0 Å². The Morgan fingerprint density at radius 2 is 1.52 bits per heavy atom. The first kappa shape index (κ1) is 15.9. The smallest absolute Gasteiger partial charge is 0.336 e. The average molecular weight is 368 g/mol. The molecule has 0 saturated heterocycles. The van der Waals surface area contributed by atoms with Crippen LogP contribution in [0.3, 0.4) is 0 Å². The molecule has 1 N–H and O–H groups in total. The second-order valence-electron chi connectivity index (χ2n) is 5.67. The number of aromatic carboxylic acids is 1. The number of rotatable bonds is 2. The lowest BCUT2D eigenvalue weighted by Crippen LogP contribution is -2.01. The molecule has 0 unspecified atom stereocenters. The summed E-state index contributed by atoms with van der Waals surface area (Å²) in [4.78, 5) is 16.4. The number of nitrogens with zero attached hydrogens (tertiary/aromatic N) is 1. The zero-order valence-corrected chi connectivity index (χ0v) is 14.3. The predicted octanol–water partition coefficient (Wildman–Crippen LogP) is 6.06. The zero-order chi connectivity index (χ0) is 17.6. The van der Waals surface area contributed by atoms with Crippen LogP contribution in [0.25, 0.3) is 32.9 Å². The van der Waals surface area contributed by atoms with Crippen molar-refractivity contribution in [2.45, 2.75) is 0 Å². The topological polar surface area (TPSA) is 50.2 Å². The fraction of sp³-hybridized carbons (Fsp3) is 0. The second kappa shape index (κ2) is 6.03. The van der Waals surface area contributed by atoms with Crippen LogP contribution in [0.1, 0.15) is 10.4 Å². The van der Waals surface area contributed by atoms with E-state index in [-0.39, 0.29) is 5.56 Å². The van der Waals surface area contributed by atoms with Crippen molar-refractivity contribution in [3.63, 3.8) is 0 Å². The molecule has 0 aliphatic rings. The predicted molar refractivity (Wildman–Crippen MR) is 102 cm³/mol. The van der Waals surface area contributed by atoms with Crippen molar-refractivity contribution in [3.05, 3.63) is 76.3 Å². The standard InChI is InChI=1S/C20H11Cl2NO2/c21-15-6-3-7-16(22)19(15)18-10-14(20(24)25)13-8-11-4-1-2-5-12(11)9-17(13)23-18/h1-10H,(H,24,25). The first-order valence-electron chi connectivity index (χ1n) is 7.56. The van der Waals surface area contributed by atoms with E-state index in [1.165, 1.54) is 6.07 Å². The molecule has 0 aliphatic carbocycles. The van der Waals surface area contributed by atoms with E-state index in [0.717, 1.165) is 10.8 Å². The number of carboxylic acids is 1. The highest BCUT2D eigenvalue weighted by Crippen LogP contribution is 2.36. The number of pyridine rings is 1. The maximum atomic E-state index is 11.8. The summed E-state index contributed by atoms with van der Waals surface area (Å²) >= 11 is 12.5. The number of hydrogen-bond acceptors (Lipinski definition) is 2. The summed E-state index contributed by atoms with van der Waals surface area (Å²) < 4.78 is 0. The minimum Gasteiger partial charge on any atom is -0.478 e. The molecule has 0 amide bonds. The molecule has 0 radical (unpaired) electrons. The first-order chi connectivity index (χ1) is 12.0. The summed E-state index contributed by atoms with van der Waals surface area (Å²) in [5.74, 6) is -1.02. The second-order valence-corrected chi connectivity index (χ2v) is 6.49. The van der Waals surface area contributed by atoms with E-state index in [1.807, 2.05) is 36.4 Å². The molecule has 3 aromatic carbocycles. The summed E-state index contributed by atoms with van der Waals surface area (Å²) in [6.45, 7) is 0. The van der Waals surface area contributed by atoms with Crippen LogP contribution in [0.5, 0.6) is 0 Å². The Morgan fingerprint density at radius 1 is 0.880 bits per heavy atom. The van der Waals surface area contributed by atoms with E-state index in [1.54, 1.807) is 18.2 Å². The van der Waals surface area contributed by atoms with Crippen molar-refractivity contribution in [1.29, 1.82) is 0 Å². The fourth-order valence-electron chi connectivity index (χ4n) is 2.96. The Balaban J connectivity index is 2.11. The minimum absolute atomic E-state index is 0.168. The molecule has 4 rings (SSSR count). The number of benzene rings is 3. The van der Waals surface area contributed by atoms with Crippen LogP contribution in [0.15, 0.2) is 60.7 Å². The van der Waals surface area contributed by atoms with E-state index < -0.39 is 5.97 Å². The van der Waals surface area contributed by atoms with Crippen LogP contribution in [0.2, 0.25) is 10.0 Å². The third-order valence-electron chi connectivity index (χ3n) is 4.13. The molecule has 5 heteroatoms. The number of fused-ring (bicyclic) bond motifs is 2. The van der Waals surface area contributed by atoms with Crippen molar-refractivity contribution in [2.24, 2.45) is 0 Å². The molecule has 1 heterocycles. The summed E-state index contributed by atoms with van der Waals surface area (Å²) in [6, 6.07) is 18.1. The lowest BCUT2D eigenvalue weighted by Gasteiger charge is -2.11. The summed E-state index contributed by atoms with van der Waals surface area (Å²) in [5, 5.41) is 13.1. The van der Waals surface area contributed by atoms with E-state index in [0.29, 0.717) is 32.2 Å². The van der Waals surface area contributed by atoms with Gasteiger partial charge >= 0.3 is 5.97 Å². The Kier molecular flexibility index (Phi) is 3.83. The largest absolute Gasteiger partial charge is 0.478 e. The Labute approximate surface area is 153 Å². The molecule has 0 atom stereocenters. The molecule has 122 valence electrons. The van der Waals surface area contributed by atoms with Gasteiger partial charge in [-0.15, -0.1) is 0 Å². The van der Waals surface area contributed by atoms with Crippen molar-refractivity contribution in [1.82, 2.24) is 4.98 Å². The van der Waals surface area contributed by atoms with Gasteiger partial charge in [0.15, 0.2) is 0 Å². The van der Waals surface area contributed by atoms with Gasteiger partial charge in [-0.05, 0) is 41.1 Å². The molecule has 0 aliphatic heterocycles. The van der Waals surface area contributed by atoms with E-state index >= 15 is 0 Å².